The monoisotopic (exact) mass is 359 g/mol. The van der Waals surface area contributed by atoms with Crippen LogP contribution in [0.1, 0.15) is 12.0 Å². The zero-order valence-electron chi connectivity index (χ0n) is 15.1. The van der Waals surface area contributed by atoms with Gasteiger partial charge >= 0.3 is 0 Å². The summed E-state index contributed by atoms with van der Waals surface area (Å²) < 4.78 is 5.13. The highest BCUT2D eigenvalue weighted by Gasteiger charge is 2.04. The van der Waals surface area contributed by atoms with E-state index in [1.165, 1.54) is 0 Å². The second kappa shape index (κ2) is 9.29. The van der Waals surface area contributed by atoms with Crippen LogP contribution in [0, 0.1) is 0 Å². The van der Waals surface area contributed by atoms with Crippen LogP contribution in [0.25, 0.3) is 0 Å². The first-order chi connectivity index (χ1) is 13.2. The summed E-state index contributed by atoms with van der Waals surface area (Å²) in [5, 5.41) is 11.3. The summed E-state index contributed by atoms with van der Waals surface area (Å²) in [5.41, 5.74) is 3.37. The van der Waals surface area contributed by atoms with E-state index < -0.39 is 0 Å². The van der Waals surface area contributed by atoms with E-state index in [1.54, 1.807) is 7.11 Å². The third kappa shape index (κ3) is 5.78. The maximum absolute atomic E-state index is 12.1. The molecular formula is C22H21N3O2. The fourth-order valence-electron chi connectivity index (χ4n) is 2.50. The average molecular weight is 359 g/mol. The maximum atomic E-state index is 12.1. The number of methoxy groups -OCH3 is 1. The van der Waals surface area contributed by atoms with Gasteiger partial charge in [0.05, 0.1) is 18.5 Å². The van der Waals surface area contributed by atoms with Gasteiger partial charge in [0.15, 0.2) is 0 Å². The number of ether oxygens (including phenoxy) is 1. The smallest absolute Gasteiger partial charge is 0.224 e. The van der Waals surface area contributed by atoms with E-state index in [1.807, 2.05) is 78.9 Å². The Hall–Kier alpha value is -3.47. The number of amides is 1. The molecule has 0 atom stereocenters. The number of azo groups is 1. The molecule has 0 spiro atoms. The van der Waals surface area contributed by atoms with Crippen molar-refractivity contribution in [1.82, 2.24) is 0 Å². The topological polar surface area (TPSA) is 63.0 Å². The lowest BCUT2D eigenvalue weighted by Gasteiger charge is -2.06. The number of nitrogens with one attached hydrogen (secondary N) is 1. The van der Waals surface area contributed by atoms with Crippen LogP contribution in [0.3, 0.4) is 0 Å². The molecule has 0 aliphatic carbocycles. The fraction of sp³-hybridized carbons (Fsp3) is 0.136. The third-order valence-corrected chi connectivity index (χ3v) is 3.99. The predicted octanol–water partition coefficient (Wildman–Crippen LogP) is 5.68. The Balaban J connectivity index is 1.49. The molecule has 27 heavy (non-hydrogen) atoms. The average Bonchev–Trinajstić information content (AvgIpc) is 2.73. The zero-order valence-corrected chi connectivity index (χ0v) is 15.1. The van der Waals surface area contributed by atoms with Gasteiger partial charge in [-0.05, 0) is 60.5 Å². The van der Waals surface area contributed by atoms with Crippen LogP contribution in [-0.2, 0) is 11.2 Å². The lowest BCUT2D eigenvalue weighted by Crippen LogP contribution is -2.12. The summed E-state index contributed by atoms with van der Waals surface area (Å²) in [7, 11) is 1.64. The van der Waals surface area contributed by atoms with E-state index in [4.69, 9.17) is 4.74 Å². The van der Waals surface area contributed by atoms with Crippen LogP contribution in [0.2, 0.25) is 0 Å². The lowest BCUT2D eigenvalue weighted by atomic mass is 10.1. The molecule has 0 aliphatic rings. The number of hydrogen-bond donors (Lipinski definition) is 1. The summed E-state index contributed by atoms with van der Waals surface area (Å²) >= 11 is 0. The lowest BCUT2D eigenvalue weighted by molar-refractivity contribution is -0.116. The molecule has 0 aliphatic heterocycles. The Morgan fingerprint density at radius 1 is 0.852 bits per heavy atom. The molecule has 136 valence electrons. The van der Waals surface area contributed by atoms with Crippen molar-refractivity contribution in [2.75, 3.05) is 12.4 Å². The molecule has 3 rings (SSSR count). The molecule has 0 saturated carbocycles. The van der Waals surface area contributed by atoms with Crippen molar-refractivity contribution in [1.29, 1.82) is 0 Å². The zero-order chi connectivity index (χ0) is 18.9. The molecule has 0 aromatic heterocycles. The molecule has 0 radical (unpaired) electrons. The largest absolute Gasteiger partial charge is 0.497 e. The van der Waals surface area contributed by atoms with Crippen molar-refractivity contribution in [3.8, 4) is 5.75 Å². The summed E-state index contributed by atoms with van der Waals surface area (Å²) in [4.78, 5) is 12.1. The van der Waals surface area contributed by atoms with Crippen molar-refractivity contribution >= 4 is 23.0 Å². The van der Waals surface area contributed by atoms with Gasteiger partial charge in [0.25, 0.3) is 0 Å². The van der Waals surface area contributed by atoms with Gasteiger partial charge in [0.2, 0.25) is 5.91 Å². The predicted molar refractivity (Wildman–Crippen MR) is 107 cm³/mol. The van der Waals surface area contributed by atoms with Crippen molar-refractivity contribution in [3.63, 3.8) is 0 Å². The highest BCUT2D eigenvalue weighted by Crippen LogP contribution is 2.20. The summed E-state index contributed by atoms with van der Waals surface area (Å²) in [6, 6.07) is 24.6. The van der Waals surface area contributed by atoms with E-state index in [0.717, 1.165) is 28.4 Å². The number of carbonyl (C=O) groups excluding carboxylic acids is 1. The quantitative estimate of drug-likeness (QED) is 0.551. The summed E-state index contributed by atoms with van der Waals surface area (Å²) in [5.74, 6) is 0.789. The number of carbonyl (C=O) groups is 1. The number of nitrogens with zero attached hydrogens (tertiary/aromatic N) is 2. The minimum atomic E-state index is -0.0236. The first-order valence-corrected chi connectivity index (χ1v) is 8.72. The van der Waals surface area contributed by atoms with Crippen molar-refractivity contribution in [2.24, 2.45) is 10.2 Å². The standard InChI is InChI=1S/C22H21N3O2/c1-27-21-14-7-17(8-15-21)9-16-22(26)23-18-10-12-20(13-11-18)25-24-19-5-3-2-4-6-19/h2-8,10-15H,9,16H2,1H3,(H,23,26). The Bertz CT molecular complexity index is 889. The Kier molecular flexibility index (Phi) is 6.30. The van der Waals surface area contributed by atoms with E-state index in [0.29, 0.717) is 12.8 Å². The number of benzene rings is 3. The molecule has 5 nitrogen and oxygen atoms in total. The Labute approximate surface area is 158 Å². The van der Waals surface area contributed by atoms with Crippen LogP contribution in [0.5, 0.6) is 5.75 Å². The van der Waals surface area contributed by atoms with Crippen LogP contribution in [-0.4, -0.2) is 13.0 Å². The fourth-order valence-corrected chi connectivity index (χ4v) is 2.50. The molecule has 0 saturated heterocycles. The molecular weight excluding hydrogens is 338 g/mol. The van der Waals surface area contributed by atoms with Crippen molar-refractivity contribution < 1.29 is 9.53 Å². The van der Waals surface area contributed by atoms with E-state index in [2.05, 4.69) is 15.5 Å². The van der Waals surface area contributed by atoms with Crippen LogP contribution in [0.15, 0.2) is 89.1 Å². The van der Waals surface area contributed by atoms with Gasteiger partial charge in [-0.25, -0.2) is 0 Å². The normalized spacial score (nSPS) is 10.7. The first kappa shape index (κ1) is 18.3. The van der Waals surface area contributed by atoms with E-state index >= 15 is 0 Å². The number of rotatable bonds is 7. The van der Waals surface area contributed by atoms with Gasteiger partial charge in [0, 0.05) is 12.1 Å². The van der Waals surface area contributed by atoms with Gasteiger partial charge < -0.3 is 10.1 Å². The highest BCUT2D eigenvalue weighted by atomic mass is 16.5. The molecule has 0 fully saturated rings. The summed E-state index contributed by atoms with van der Waals surface area (Å²) in [6.07, 6.45) is 1.10. The third-order valence-electron chi connectivity index (χ3n) is 3.99. The van der Waals surface area contributed by atoms with Crippen molar-refractivity contribution in [2.45, 2.75) is 12.8 Å². The molecule has 0 heterocycles. The molecule has 3 aromatic rings. The molecule has 1 N–H and O–H groups in total. The van der Waals surface area contributed by atoms with Crippen LogP contribution < -0.4 is 10.1 Å². The molecule has 0 bridgehead atoms. The van der Waals surface area contributed by atoms with E-state index in [9.17, 15) is 4.79 Å². The maximum Gasteiger partial charge on any atom is 0.224 e. The number of anilines is 1. The van der Waals surface area contributed by atoms with Gasteiger partial charge in [-0.2, -0.15) is 10.2 Å². The number of hydrogen-bond acceptors (Lipinski definition) is 4. The SMILES string of the molecule is COc1ccc(CCC(=O)Nc2ccc(N=Nc3ccccc3)cc2)cc1. The molecule has 3 aromatic carbocycles. The Morgan fingerprint density at radius 2 is 1.48 bits per heavy atom. The van der Waals surface area contributed by atoms with Gasteiger partial charge in [-0.1, -0.05) is 30.3 Å². The van der Waals surface area contributed by atoms with Gasteiger partial charge in [-0.15, -0.1) is 0 Å². The van der Waals surface area contributed by atoms with E-state index in [-0.39, 0.29) is 5.91 Å². The second-order valence-corrected chi connectivity index (χ2v) is 5.98. The van der Waals surface area contributed by atoms with Crippen molar-refractivity contribution in [3.05, 3.63) is 84.4 Å². The summed E-state index contributed by atoms with van der Waals surface area (Å²) in [6.45, 7) is 0. The first-order valence-electron chi connectivity index (χ1n) is 8.72. The van der Waals surface area contributed by atoms with Crippen LogP contribution in [0.4, 0.5) is 17.1 Å². The van der Waals surface area contributed by atoms with Gasteiger partial charge in [0.1, 0.15) is 5.75 Å². The molecule has 0 unspecified atom stereocenters. The minimum absolute atomic E-state index is 0.0236. The number of aryl methyl sites for hydroxylation is 1. The van der Waals surface area contributed by atoms with Gasteiger partial charge in [-0.3, -0.25) is 4.79 Å². The minimum Gasteiger partial charge on any atom is -0.497 e. The molecule has 5 heteroatoms. The highest BCUT2D eigenvalue weighted by molar-refractivity contribution is 5.90. The molecule has 1 amide bonds. The Morgan fingerprint density at radius 3 is 2.11 bits per heavy atom. The second-order valence-electron chi connectivity index (χ2n) is 5.98. The van der Waals surface area contributed by atoms with Crippen LogP contribution >= 0.6 is 0 Å².